The number of rotatable bonds is 7. The maximum Gasteiger partial charge on any atom is 0.342 e. The van der Waals surface area contributed by atoms with E-state index in [1.54, 1.807) is 12.1 Å². The molecular formula is C18H18O7. The van der Waals surface area contributed by atoms with Crippen LogP contribution in [0, 0.1) is 0 Å². The van der Waals surface area contributed by atoms with Crippen LogP contribution in [0.4, 0.5) is 0 Å². The molecule has 0 aliphatic rings. The van der Waals surface area contributed by atoms with Crippen LogP contribution in [0.3, 0.4) is 0 Å². The Morgan fingerprint density at radius 1 is 0.920 bits per heavy atom. The van der Waals surface area contributed by atoms with Gasteiger partial charge in [-0.15, -0.1) is 0 Å². The fraction of sp³-hybridized carbons (Fsp3) is 0.222. The summed E-state index contributed by atoms with van der Waals surface area (Å²) in [5.41, 5.74) is 0.166. The van der Waals surface area contributed by atoms with E-state index in [-0.39, 0.29) is 22.6 Å². The van der Waals surface area contributed by atoms with Gasteiger partial charge >= 0.3 is 5.97 Å². The van der Waals surface area contributed by atoms with Gasteiger partial charge in [0.15, 0.2) is 18.1 Å². The van der Waals surface area contributed by atoms with E-state index >= 15 is 0 Å². The monoisotopic (exact) mass is 346 g/mol. The van der Waals surface area contributed by atoms with Gasteiger partial charge in [0.25, 0.3) is 0 Å². The highest BCUT2D eigenvalue weighted by atomic mass is 16.5. The van der Waals surface area contributed by atoms with E-state index in [2.05, 4.69) is 0 Å². The van der Waals surface area contributed by atoms with Gasteiger partial charge in [0.05, 0.1) is 26.9 Å². The predicted molar refractivity (Wildman–Crippen MR) is 88.8 cm³/mol. The Balaban J connectivity index is 2.11. The van der Waals surface area contributed by atoms with Crippen molar-refractivity contribution < 1.29 is 33.6 Å². The number of benzene rings is 2. The second-order valence-corrected chi connectivity index (χ2v) is 4.92. The molecule has 0 bridgehead atoms. The number of ether oxygens (including phenoxy) is 4. The number of methoxy groups -OCH3 is 3. The largest absolute Gasteiger partial charge is 0.504 e. The third-order valence-electron chi connectivity index (χ3n) is 3.48. The molecular weight excluding hydrogens is 328 g/mol. The maximum atomic E-state index is 12.3. The Hall–Kier alpha value is -3.22. The van der Waals surface area contributed by atoms with Gasteiger partial charge in [0.2, 0.25) is 5.78 Å². The van der Waals surface area contributed by atoms with Crippen molar-refractivity contribution in [1.29, 1.82) is 0 Å². The van der Waals surface area contributed by atoms with Gasteiger partial charge in [-0.2, -0.15) is 0 Å². The molecule has 0 spiro atoms. The van der Waals surface area contributed by atoms with Crippen molar-refractivity contribution in [2.45, 2.75) is 0 Å². The van der Waals surface area contributed by atoms with Crippen LogP contribution in [0.1, 0.15) is 20.7 Å². The zero-order valence-corrected chi connectivity index (χ0v) is 14.1. The van der Waals surface area contributed by atoms with Crippen LogP contribution < -0.4 is 14.2 Å². The number of phenols is 1. The summed E-state index contributed by atoms with van der Waals surface area (Å²) < 4.78 is 20.1. The van der Waals surface area contributed by atoms with Crippen LogP contribution in [-0.2, 0) is 4.74 Å². The molecule has 132 valence electrons. The van der Waals surface area contributed by atoms with Crippen molar-refractivity contribution >= 4 is 11.8 Å². The third-order valence-corrected chi connectivity index (χ3v) is 3.48. The molecule has 0 atom stereocenters. The normalized spacial score (nSPS) is 10.0. The van der Waals surface area contributed by atoms with Crippen molar-refractivity contribution in [3.8, 4) is 23.0 Å². The summed E-state index contributed by atoms with van der Waals surface area (Å²) in [5.74, 6) is -0.647. The van der Waals surface area contributed by atoms with E-state index in [0.29, 0.717) is 11.5 Å². The molecule has 0 radical (unpaired) electrons. The first-order chi connectivity index (χ1) is 12.0. The molecule has 0 unspecified atom stereocenters. The lowest BCUT2D eigenvalue weighted by molar-refractivity contribution is 0.0470. The number of Topliss-reactive ketones (excluding diaryl/α,β-unsaturated/α-hetero) is 1. The van der Waals surface area contributed by atoms with E-state index in [1.165, 1.54) is 45.6 Å². The number of phenolic OH excluding ortho intramolecular Hbond substituents is 1. The molecule has 25 heavy (non-hydrogen) atoms. The van der Waals surface area contributed by atoms with Gasteiger partial charge in [0, 0.05) is 6.07 Å². The minimum Gasteiger partial charge on any atom is -0.504 e. The fourth-order valence-corrected chi connectivity index (χ4v) is 2.17. The number of carbonyl (C=O) groups excluding carboxylic acids is 2. The van der Waals surface area contributed by atoms with Gasteiger partial charge < -0.3 is 24.1 Å². The van der Waals surface area contributed by atoms with Crippen LogP contribution in [0.5, 0.6) is 23.0 Å². The summed E-state index contributed by atoms with van der Waals surface area (Å²) in [6.45, 7) is -0.502. The number of aromatic hydroxyl groups is 1. The first kappa shape index (κ1) is 18.1. The summed E-state index contributed by atoms with van der Waals surface area (Å²) in [6, 6.07) is 9.09. The number of ketones is 1. The number of carbonyl (C=O) groups is 2. The molecule has 0 fully saturated rings. The quantitative estimate of drug-likeness (QED) is 0.608. The van der Waals surface area contributed by atoms with Gasteiger partial charge in [-0.1, -0.05) is 6.07 Å². The second kappa shape index (κ2) is 8.05. The van der Waals surface area contributed by atoms with Crippen LogP contribution >= 0.6 is 0 Å². The highest BCUT2D eigenvalue weighted by Crippen LogP contribution is 2.30. The van der Waals surface area contributed by atoms with Crippen molar-refractivity contribution in [1.82, 2.24) is 0 Å². The van der Waals surface area contributed by atoms with Crippen molar-refractivity contribution in [3.05, 3.63) is 47.5 Å². The Morgan fingerprint density at radius 2 is 1.64 bits per heavy atom. The lowest BCUT2D eigenvalue weighted by Crippen LogP contribution is -2.15. The lowest BCUT2D eigenvalue weighted by Gasteiger charge is -2.11. The van der Waals surface area contributed by atoms with Crippen molar-refractivity contribution in [3.63, 3.8) is 0 Å². The zero-order chi connectivity index (χ0) is 18.4. The molecule has 7 heteroatoms. The summed E-state index contributed by atoms with van der Waals surface area (Å²) in [6.07, 6.45) is 0. The predicted octanol–water partition coefficient (Wildman–Crippen LogP) is 2.46. The first-order valence-corrected chi connectivity index (χ1v) is 7.30. The first-order valence-electron chi connectivity index (χ1n) is 7.30. The Morgan fingerprint density at radius 3 is 2.28 bits per heavy atom. The number of hydrogen-bond acceptors (Lipinski definition) is 7. The molecule has 0 aliphatic carbocycles. The molecule has 0 amide bonds. The smallest absolute Gasteiger partial charge is 0.342 e. The topological polar surface area (TPSA) is 91.3 Å². The lowest BCUT2D eigenvalue weighted by atomic mass is 10.1. The summed E-state index contributed by atoms with van der Waals surface area (Å²) in [7, 11) is 4.29. The minimum atomic E-state index is -0.836. The van der Waals surface area contributed by atoms with Crippen molar-refractivity contribution in [2.24, 2.45) is 0 Å². The highest BCUT2D eigenvalue weighted by molar-refractivity contribution is 6.02. The summed E-state index contributed by atoms with van der Waals surface area (Å²) >= 11 is 0. The van der Waals surface area contributed by atoms with Crippen LogP contribution in [-0.4, -0.2) is 44.8 Å². The molecule has 0 heterocycles. The average molecular weight is 346 g/mol. The van der Waals surface area contributed by atoms with Crippen molar-refractivity contribution in [2.75, 3.05) is 27.9 Å². The summed E-state index contributed by atoms with van der Waals surface area (Å²) in [4.78, 5) is 24.4. The summed E-state index contributed by atoms with van der Waals surface area (Å²) in [5, 5.41) is 9.94. The number of para-hydroxylation sites is 1. The van der Waals surface area contributed by atoms with Crippen LogP contribution in [0.15, 0.2) is 36.4 Å². The zero-order valence-electron chi connectivity index (χ0n) is 14.1. The molecule has 0 saturated heterocycles. The number of hydrogen-bond donors (Lipinski definition) is 1. The molecule has 0 aromatic heterocycles. The molecule has 2 rings (SSSR count). The van der Waals surface area contributed by atoms with Gasteiger partial charge in [-0.05, 0) is 24.3 Å². The Kier molecular flexibility index (Phi) is 5.84. The number of esters is 1. The SMILES string of the molecule is COc1ccc(C(=O)COC(=O)c2cccc(OC)c2O)c(OC)c1. The molecule has 2 aromatic rings. The van der Waals surface area contributed by atoms with Gasteiger partial charge in [-0.25, -0.2) is 4.79 Å². The van der Waals surface area contributed by atoms with Crippen LogP contribution in [0.2, 0.25) is 0 Å². The second-order valence-electron chi connectivity index (χ2n) is 4.92. The van der Waals surface area contributed by atoms with E-state index in [1.807, 2.05) is 0 Å². The van der Waals surface area contributed by atoms with E-state index < -0.39 is 18.4 Å². The third kappa shape index (κ3) is 4.00. The van der Waals surface area contributed by atoms with E-state index in [0.717, 1.165) is 0 Å². The fourth-order valence-electron chi connectivity index (χ4n) is 2.17. The van der Waals surface area contributed by atoms with E-state index in [4.69, 9.17) is 18.9 Å². The molecule has 0 aliphatic heterocycles. The molecule has 0 saturated carbocycles. The Labute approximate surface area is 144 Å². The van der Waals surface area contributed by atoms with E-state index in [9.17, 15) is 14.7 Å². The molecule has 2 aromatic carbocycles. The highest BCUT2D eigenvalue weighted by Gasteiger charge is 2.19. The van der Waals surface area contributed by atoms with Gasteiger partial charge in [0.1, 0.15) is 17.1 Å². The standard InChI is InChI=1S/C18H18O7/c1-22-11-7-8-12(16(9-11)24-3)14(19)10-25-18(21)13-5-4-6-15(23-2)17(13)20/h4-9,20H,10H2,1-3H3. The average Bonchev–Trinajstić information content (AvgIpc) is 2.65. The Bertz CT molecular complexity index is 783. The maximum absolute atomic E-state index is 12.3. The molecule has 7 nitrogen and oxygen atoms in total. The van der Waals surface area contributed by atoms with Crippen LogP contribution in [0.25, 0.3) is 0 Å². The van der Waals surface area contributed by atoms with Gasteiger partial charge in [-0.3, -0.25) is 4.79 Å². The minimum absolute atomic E-state index is 0.0890. The molecule has 1 N–H and O–H groups in total.